The van der Waals surface area contributed by atoms with Gasteiger partial charge in [0.05, 0.1) is 6.54 Å². The van der Waals surface area contributed by atoms with Gasteiger partial charge >= 0.3 is 5.97 Å². The number of carboxylic acids is 1. The summed E-state index contributed by atoms with van der Waals surface area (Å²) in [6.45, 7) is 3.87. The van der Waals surface area contributed by atoms with E-state index in [4.69, 9.17) is 14.0 Å². The number of hydrogen-bond acceptors (Lipinski definition) is 6. The van der Waals surface area contributed by atoms with E-state index in [-0.39, 0.29) is 18.0 Å². The van der Waals surface area contributed by atoms with Crippen molar-refractivity contribution in [3.8, 4) is 0 Å². The first-order valence-electron chi connectivity index (χ1n) is 8.28. The zero-order valence-electron chi connectivity index (χ0n) is 14.7. The third kappa shape index (κ3) is 5.17. The number of carbonyl (C=O) groups excluding carboxylic acids is 1. The Bertz CT molecular complexity index is 734. The topological polar surface area (TPSA) is 110 Å². The first-order valence-corrected chi connectivity index (χ1v) is 8.28. The monoisotopic (exact) mass is 349 g/mol. The molecule has 1 N–H and O–H groups in total. The van der Waals surface area contributed by atoms with Gasteiger partial charge in [-0.25, -0.2) is 4.79 Å². The van der Waals surface area contributed by atoms with E-state index < -0.39 is 5.97 Å². The molecule has 0 bridgehead atoms. The van der Waals surface area contributed by atoms with Gasteiger partial charge < -0.3 is 18.9 Å². The molecule has 0 aliphatic carbocycles. The fourth-order valence-corrected chi connectivity index (χ4v) is 2.45. The summed E-state index contributed by atoms with van der Waals surface area (Å²) in [5, 5.41) is 12.9. The zero-order valence-corrected chi connectivity index (χ0v) is 14.7. The van der Waals surface area contributed by atoms with Crippen molar-refractivity contribution in [2.45, 2.75) is 52.5 Å². The zero-order chi connectivity index (χ0) is 18.4. The van der Waals surface area contributed by atoms with Crippen LogP contribution in [0.3, 0.4) is 0 Å². The standard InChI is InChI=1S/C17H23N3O5/c1-4-6-14-18-15(25-19-14)7-5-8-16(21)20(3)10-12-9-13(17(22)23)11(2)24-12/h9H,4-8,10H2,1-3H3,(H,22,23). The van der Waals surface area contributed by atoms with Gasteiger partial charge in [-0.05, 0) is 25.8 Å². The summed E-state index contributed by atoms with van der Waals surface area (Å²) in [4.78, 5) is 29.0. The molecule has 136 valence electrons. The van der Waals surface area contributed by atoms with Gasteiger partial charge in [-0.1, -0.05) is 12.1 Å². The predicted octanol–water partition coefficient (Wildman–Crippen LogP) is 2.60. The Hall–Kier alpha value is -2.64. The Morgan fingerprint density at radius 1 is 1.32 bits per heavy atom. The second-order valence-corrected chi connectivity index (χ2v) is 5.95. The normalized spacial score (nSPS) is 10.8. The minimum absolute atomic E-state index is 0.0563. The van der Waals surface area contributed by atoms with Crippen LogP contribution in [0.5, 0.6) is 0 Å². The van der Waals surface area contributed by atoms with Gasteiger partial charge in [-0.15, -0.1) is 0 Å². The number of rotatable bonds is 9. The maximum atomic E-state index is 12.2. The fraction of sp³-hybridized carbons (Fsp3) is 0.529. The lowest BCUT2D eigenvalue weighted by Crippen LogP contribution is -2.25. The van der Waals surface area contributed by atoms with Gasteiger partial charge in [-0.2, -0.15) is 4.98 Å². The van der Waals surface area contributed by atoms with Crippen LogP contribution in [0.25, 0.3) is 0 Å². The van der Waals surface area contributed by atoms with Gasteiger partial charge in [0.1, 0.15) is 17.1 Å². The van der Waals surface area contributed by atoms with E-state index in [1.807, 2.05) is 6.92 Å². The van der Waals surface area contributed by atoms with Gasteiger partial charge in [0.25, 0.3) is 0 Å². The molecule has 0 aromatic carbocycles. The number of aryl methyl sites for hydroxylation is 3. The minimum atomic E-state index is -1.04. The van der Waals surface area contributed by atoms with Gasteiger partial charge in [-0.3, -0.25) is 4.79 Å². The molecule has 0 aliphatic heterocycles. The quantitative estimate of drug-likeness (QED) is 0.741. The molecule has 0 spiro atoms. The third-order valence-corrected chi connectivity index (χ3v) is 3.78. The maximum Gasteiger partial charge on any atom is 0.339 e. The molecule has 2 heterocycles. The smallest absolute Gasteiger partial charge is 0.339 e. The van der Waals surface area contributed by atoms with Crippen LogP contribution < -0.4 is 0 Å². The second-order valence-electron chi connectivity index (χ2n) is 5.95. The molecule has 0 saturated heterocycles. The predicted molar refractivity (Wildman–Crippen MR) is 88.1 cm³/mol. The molecular weight excluding hydrogens is 326 g/mol. The summed E-state index contributed by atoms with van der Waals surface area (Å²) in [7, 11) is 1.66. The summed E-state index contributed by atoms with van der Waals surface area (Å²) < 4.78 is 10.5. The number of nitrogens with zero attached hydrogens (tertiary/aromatic N) is 3. The largest absolute Gasteiger partial charge is 0.478 e. The summed E-state index contributed by atoms with van der Waals surface area (Å²) in [6.07, 6.45) is 3.24. The molecular formula is C17H23N3O5. The van der Waals surface area contributed by atoms with Crippen LogP contribution in [0.4, 0.5) is 0 Å². The van der Waals surface area contributed by atoms with Crippen LogP contribution >= 0.6 is 0 Å². The number of amides is 1. The van der Waals surface area contributed by atoms with Crippen LogP contribution in [0.1, 0.15) is 59.8 Å². The summed E-state index contributed by atoms with van der Waals surface area (Å²) in [6, 6.07) is 1.45. The molecule has 2 aromatic heterocycles. The number of hydrogen-bond donors (Lipinski definition) is 1. The molecule has 0 unspecified atom stereocenters. The van der Waals surface area contributed by atoms with Crippen LogP contribution in [0.15, 0.2) is 15.0 Å². The number of carboxylic acid groups (broad SMARTS) is 1. The van der Waals surface area contributed by atoms with Crippen LogP contribution in [0.2, 0.25) is 0 Å². The molecule has 0 fully saturated rings. The second kappa shape index (κ2) is 8.46. The molecule has 25 heavy (non-hydrogen) atoms. The number of aromatic carboxylic acids is 1. The highest BCUT2D eigenvalue weighted by Crippen LogP contribution is 2.16. The maximum absolute atomic E-state index is 12.2. The lowest BCUT2D eigenvalue weighted by Gasteiger charge is -2.15. The highest BCUT2D eigenvalue weighted by Gasteiger charge is 2.17. The molecule has 2 aromatic rings. The van der Waals surface area contributed by atoms with Crippen LogP contribution in [-0.4, -0.2) is 39.1 Å². The lowest BCUT2D eigenvalue weighted by molar-refractivity contribution is -0.130. The van der Waals surface area contributed by atoms with Gasteiger partial charge in [0.2, 0.25) is 11.8 Å². The van der Waals surface area contributed by atoms with Crippen molar-refractivity contribution < 1.29 is 23.6 Å². The van der Waals surface area contributed by atoms with E-state index in [9.17, 15) is 9.59 Å². The van der Waals surface area contributed by atoms with Crippen LogP contribution in [0, 0.1) is 6.92 Å². The van der Waals surface area contributed by atoms with Crippen molar-refractivity contribution in [2.24, 2.45) is 0 Å². The minimum Gasteiger partial charge on any atom is -0.478 e. The molecule has 0 atom stereocenters. The van der Waals surface area contributed by atoms with Crippen molar-refractivity contribution in [3.05, 3.63) is 34.9 Å². The van der Waals surface area contributed by atoms with E-state index in [2.05, 4.69) is 10.1 Å². The highest BCUT2D eigenvalue weighted by atomic mass is 16.5. The molecule has 1 amide bonds. The van der Waals surface area contributed by atoms with E-state index in [0.717, 1.165) is 12.8 Å². The molecule has 2 rings (SSSR count). The van der Waals surface area contributed by atoms with Crippen molar-refractivity contribution >= 4 is 11.9 Å². The Morgan fingerprint density at radius 3 is 2.72 bits per heavy atom. The Balaban J connectivity index is 1.79. The molecule has 8 nitrogen and oxygen atoms in total. The van der Waals surface area contributed by atoms with Crippen molar-refractivity contribution in [1.82, 2.24) is 15.0 Å². The third-order valence-electron chi connectivity index (χ3n) is 3.78. The van der Waals surface area contributed by atoms with Crippen LogP contribution in [-0.2, 0) is 24.2 Å². The fourth-order valence-electron chi connectivity index (χ4n) is 2.45. The Morgan fingerprint density at radius 2 is 2.08 bits per heavy atom. The number of carbonyl (C=O) groups is 2. The van der Waals surface area contributed by atoms with Crippen molar-refractivity contribution in [2.75, 3.05) is 7.05 Å². The van der Waals surface area contributed by atoms with Crippen molar-refractivity contribution in [1.29, 1.82) is 0 Å². The van der Waals surface area contributed by atoms with Gasteiger partial charge in [0, 0.05) is 26.3 Å². The Kier molecular flexibility index (Phi) is 6.32. The van der Waals surface area contributed by atoms with Crippen molar-refractivity contribution in [3.63, 3.8) is 0 Å². The average molecular weight is 349 g/mol. The lowest BCUT2D eigenvalue weighted by atomic mass is 10.2. The summed E-state index contributed by atoms with van der Waals surface area (Å²) in [5.41, 5.74) is 0.120. The van der Waals surface area contributed by atoms with E-state index in [1.54, 1.807) is 14.0 Å². The average Bonchev–Trinajstić information content (AvgIpc) is 3.14. The Labute approximate surface area is 145 Å². The number of aromatic nitrogens is 2. The summed E-state index contributed by atoms with van der Waals surface area (Å²) in [5.74, 6) is 0.937. The van der Waals surface area contributed by atoms with E-state index in [0.29, 0.717) is 42.5 Å². The first kappa shape index (κ1) is 18.7. The van der Waals surface area contributed by atoms with Gasteiger partial charge in [0.15, 0.2) is 5.82 Å². The van der Waals surface area contributed by atoms with E-state index >= 15 is 0 Å². The molecule has 0 saturated carbocycles. The molecule has 8 heteroatoms. The van der Waals surface area contributed by atoms with E-state index in [1.165, 1.54) is 11.0 Å². The highest BCUT2D eigenvalue weighted by molar-refractivity contribution is 5.88. The number of furan rings is 1. The summed E-state index contributed by atoms with van der Waals surface area (Å²) >= 11 is 0. The molecule has 0 radical (unpaired) electrons. The first-order chi connectivity index (χ1) is 11.9. The SMILES string of the molecule is CCCc1noc(CCCC(=O)N(C)Cc2cc(C(=O)O)c(C)o2)n1. The molecule has 0 aliphatic rings.